The van der Waals surface area contributed by atoms with Crippen LogP contribution in [0.2, 0.25) is 0 Å². The van der Waals surface area contributed by atoms with Gasteiger partial charge in [0.05, 0.1) is 5.69 Å². The summed E-state index contributed by atoms with van der Waals surface area (Å²) in [6.07, 6.45) is 0. The van der Waals surface area contributed by atoms with E-state index in [2.05, 4.69) is 37.1 Å². The molecule has 0 spiro atoms. The largest absolute Gasteiger partial charge is 0.454 e. The third-order valence-electron chi connectivity index (χ3n) is 5.45. The van der Waals surface area contributed by atoms with E-state index in [1.54, 1.807) is 0 Å². The van der Waals surface area contributed by atoms with Crippen LogP contribution in [0, 0.1) is 0 Å². The van der Waals surface area contributed by atoms with Gasteiger partial charge >= 0.3 is 0 Å². The second-order valence-electron chi connectivity index (χ2n) is 7.43. The minimum Gasteiger partial charge on any atom is -0.454 e. The van der Waals surface area contributed by atoms with E-state index in [4.69, 9.17) is 9.47 Å². The van der Waals surface area contributed by atoms with Gasteiger partial charge in [0.25, 0.3) is 5.91 Å². The molecule has 0 atom stereocenters. The fourth-order valence-electron chi connectivity index (χ4n) is 3.78. The number of fused-ring (bicyclic) bond motifs is 1. The van der Waals surface area contributed by atoms with Crippen molar-refractivity contribution in [1.29, 1.82) is 0 Å². The van der Waals surface area contributed by atoms with Crippen LogP contribution in [0.25, 0.3) is 11.3 Å². The highest BCUT2D eigenvalue weighted by Gasteiger charge is 2.24. The van der Waals surface area contributed by atoms with E-state index in [-0.39, 0.29) is 12.7 Å². The fraction of sp³-hybridized carbons (Fsp3) is 0.273. The summed E-state index contributed by atoms with van der Waals surface area (Å²) in [5, 5.41) is 7.21. The maximum atomic E-state index is 12.9. The second-order valence-corrected chi connectivity index (χ2v) is 8.35. The van der Waals surface area contributed by atoms with E-state index in [9.17, 15) is 4.79 Å². The Labute approximate surface area is 182 Å². The Bertz CT molecular complexity index is 1060. The van der Waals surface area contributed by atoms with Crippen LogP contribution in [0.3, 0.4) is 0 Å². The maximum Gasteiger partial charge on any atom is 0.271 e. The van der Waals surface area contributed by atoms with E-state index >= 15 is 0 Å². The number of halogens is 1. The summed E-state index contributed by atoms with van der Waals surface area (Å²) in [6, 6.07) is 15.8. The van der Waals surface area contributed by atoms with Crippen LogP contribution in [0.15, 0.2) is 53.0 Å². The molecule has 3 aromatic rings. The Morgan fingerprint density at radius 3 is 2.57 bits per heavy atom. The number of carbonyl (C=O) groups is 1. The lowest BCUT2D eigenvalue weighted by molar-refractivity contribution is 0.0622. The second kappa shape index (κ2) is 8.12. The normalized spacial score (nSPS) is 16.1. The number of rotatable bonds is 4. The standard InChI is InChI=1S/C22H21BrN4O3/c23-17-4-2-16(3-5-17)18-12-19(25-24-18)22(28)27-9-7-26(8-10-27)13-15-1-6-20-21(11-15)30-14-29-20/h1-6,11-12H,7-10,13-14H2,(H,24,25). The number of ether oxygens (including phenoxy) is 2. The Kier molecular flexibility index (Phi) is 5.18. The Balaban J connectivity index is 1.18. The number of piperazine rings is 1. The van der Waals surface area contributed by atoms with Crippen molar-refractivity contribution in [2.45, 2.75) is 6.54 Å². The van der Waals surface area contributed by atoms with Crippen molar-refractivity contribution in [3.05, 3.63) is 64.3 Å². The van der Waals surface area contributed by atoms with Crippen LogP contribution >= 0.6 is 15.9 Å². The van der Waals surface area contributed by atoms with Crippen LogP contribution in [0.5, 0.6) is 11.5 Å². The molecule has 8 heteroatoms. The molecule has 0 aliphatic carbocycles. The first kappa shape index (κ1) is 19.1. The zero-order chi connectivity index (χ0) is 20.5. The van der Waals surface area contributed by atoms with Gasteiger partial charge in [0.15, 0.2) is 11.5 Å². The number of nitrogens with zero attached hydrogens (tertiary/aromatic N) is 3. The third kappa shape index (κ3) is 3.93. The summed E-state index contributed by atoms with van der Waals surface area (Å²) >= 11 is 3.43. The molecule has 1 fully saturated rings. The molecule has 1 aromatic heterocycles. The van der Waals surface area contributed by atoms with Crippen LogP contribution < -0.4 is 9.47 Å². The lowest BCUT2D eigenvalue weighted by Gasteiger charge is -2.34. The number of nitrogens with one attached hydrogen (secondary N) is 1. The highest BCUT2D eigenvalue weighted by molar-refractivity contribution is 9.10. The highest BCUT2D eigenvalue weighted by Crippen LogP contribution is 2.33. The summed E-state index contributed by atoms with van der Waals surface area (Å²) in [4.78, 5) is 17.1. The molecule has 5 rings (SSSR count). The number of amides is 1. The third-order valence-corrected chi connectivity index (χ3v) is 5.98. The van der Waals surface area contributed by atoms with E-state index in [0.29, 0.717) is 18.8 Å². The Hall–Kier alpha value is -2.84. The van der Waals surface area contributed by atoms with Crippen molar-refractivity contribution in [3.63, 3.8) is 0 Å². The predicted octanol–water partition coefficient (Wildman–Crippen LogP) is 3.53. The minimum atomic E-state index is -0.00593. The maximum absolute atomic E-state index is 12.9. The zero-order valence-electron chi connectivity index (χ0n) is 16.3. The molecule has 7 nitrogen and oxygen atoms in total. The molecular formula is C22H21BrN4O3. The van der Waals surface area contributed by atoms with Gasteiger partial charge in [-0.2, -0.15) is 5.10 Å². The topological polar surface area (TPSA) is 70.7 Å². The Morgan fingerprint density at radius 1 is 1.00 bits per heavy atom. The molecule has 1 saturated heterocycles. The summed E-state index contributed by atoms with van der Waals surface area (Å²) in [5.74, 6) is 1.60. The van der Waals surface area contributed by atoms with Crippen LogP contribution in [0.4, 0.5) is 0 Å². The first-order valence-corrected chi connectivity index (χ1v) is 10.7. The van der Waals surface area contributed by atoms with E-state index in [1.165, 1.54) is 5.56 Å². The van der Waals surface area contributed by atoms with Crippen LogP contribution in [0.1, 0.15) is 16.1 Å². The lowest BCUT2D eigenvalue weighted by Crippen LogP contribution is -2.48. The average molecular weight is 469 g/mol. The summed E-state index contributed by atoms with van der Waals surface area (Å²) in [6.45, 7) is 4.15. The molecule has 0 unspecified atom stereocenters. The molecular weight excluding hydrogens is 448 g/mol. The highest BCUT2D eigenvalue weighted by atomic mass is 79.9. The first-order chi connectivity index (χ1) is 14.7. The van der Waals surface area contributed by atoms with Crippen molar-refractivity contribution in [2.75, 3.05) is 33.0 Å². The number of aromatic nitrogens is 2. The number of hydrogen-bond donors (Lipinski definition) is 1. The van der Waals surface area contributed by atoms with Gasteiger partial charge in [-0.3, -0.25) is 14.8 Å². The van der Waals surface area contributed by atoms with Gasteiger partial charge in [0, 0.05) is 42.8 Å². The lowest BCUT2D eigenvalue weighted by atomic mass is 10.1. The van der Waals surface area contributed by atoms with Crippen molar-refractivity contribution < 1.29 is 14.3 Å². The molecule has 2 aliphatic rings. The molecule has 1 amide bonds. The van der Waals surface area contributed by atoms with Crippen molar-refractivity contribution >= 4 is 21.8 Å². The molecule has 154 valence electrons. The van der Waals surface area contributed by atoms with Gasteiger partial charge in [0.1, 0.15) is 5.69 Å². The molecule has 0 bridgehead atoms. The molecule has 2 aliphatic heterocycles. The van der Waals surface area contributed by atoms with Gasteiger partial charge in [-0.1, -0.05) is 34.1 Å². The number of benzene rings is 2. The number of carbonyl (C=O) groups excluding carboxylic acids is 1. The molecule has 3 heterocycles. The van der Waals surface area contributed by atoms with Crippen molar-refractivity contribution in [2.24, 2.45) is 0 Å². The summed E-state index contributed by atoms with van der Waals surface area (Å²) < 4.78 is 11.8. The average Bonchev–Trinajstić information content (AvgIpc) is 3.44. The van der Waals surface area contributed by atoms with Gasteiger partial charge in [-0.15, -0.1) is 0 Å². The van der Waals surface area contributed by atoms with Crippen molar-refractivity contribution in [1.82, 2.24) is 20.0 Å². The summed E-state index contributed by atoms with van der Waals surface area (Å²) in [5.41, 5.74) is 3.46. The fourth-order valence-corrected chi connectivity index (χ4v) is 4.04. The van der Waals surface area contributed by atoms with Crippen molar-refractivity contribution in [3.8, 4) is 22.8 Å². The number of aromatic amines is 1. The summed E-state index contributed by atoms with van der Waals surface area (Å²) in [7, 11) is 0. The monoisotopic (exact) mass is 468 g/mol. The van der Waals surface area contributed by atoms with E-state index < -0.39 is 0 Å². The Morgan fingerprint density at radius 2 is 1.77 bits per heavy atom. The zero-order valence-corrected chi connectivity index (χ0v) is 17.9. The molecule has 1 N–H and O–H groups in total. The predicted molar refractivity (Wildman–Crippen MR) is 115 cm³/mol. The van der Waals surface area contributed by atoms with Gasteiger partial charge in [0.2, 0.25) is 6.79 Å². The van der Waals surface area contributed by atoms with Gasteiger partial charge < -0.3 is 14.4 Å². The van der Waals surface area contributed by atoms with Crippen LogP contribution in [-0.2, 0) is 6.54 Å². The minimum absolute atomic E-state index is 0.00593. The number of hydrogen-bond acceptors (Lipinski definition) is 5. The SMILES string of the molecule is O=C(c1cc(-c2ccc(Br)cc2)n[nH]1)N1CCN(Cc2ccc3c(c2)OCO3)CC1. The molecule has 0 saturated carbocycles. The molecule has 2 aromatic carbocycles. The smallest absolute Gasteiger partial charge is 0.271 e. The van der Waals surface area contributed by atoms with E-state index in [0.717, 1.165) is 46.9 Å². The van der Waals surface area contributed by atoms with Crippen LogP contribution in [-0.4, -0.2) is 58.9 Å². The quantitative estimate of drug-likeness (QED) is 0.634. The molecule has 0 radical (unpaired) electrons. The van der Waals surface area contributed by atoms with Gasteiger partial charge in [-0.25, -0.2) is 0 Å². The first-order valence-electron chi connectivity index (χ1n) is 9.87. The van der Waals surface area contributed by atoms with Gasteiger partial charge in [-0.05, 0) is 35.9 Å². The van der Waals surface area contributed by atoms with E-state index in [1.807, 2.05) is 47.4 Å². The molecule has 30 heavy (non-hydrogen) atoms. The number of H-pyrrole nitrogens is 1.